The maximum absolute atomic E-state index is 9.89. The molecule has 0 radical (unpaired) electrons. The molecular weight excluding hydrogens is 1070 g/mol. The lowest BCUT2D eigenvalue weighted by Crippen LogP contribution is -1.96. The minimum atomic E-state index is 0.200. The summed E-state index contributed by atoms with van der Waals surface area (Å²) in [6.45, 7) is 15.0. The largest absolute Gasteiger partial charge is 0.505 e. The van der Waals surface area contributed by atoms with Gasteiger partial charge in [0.05, 0.1) is 22.8 Å². The van der Waals surface area contributed by atoms with Crippen LogP contribution in [0.2, 0.25) is 0 Å². The molecule has 288 valence electrons. The van der Waals surface area contributed by atoms with Crippen molar-refractivity contribution in [3.05, 3.63) is 110 Å². The van der Waals surface area contributed by atoms with Gasteiger partial charge in [0.25, 0.3) is 0 Å². The van der Waals surface area contributed by atoms with Crippen molar-refractivity contribution in [2.24, 2.45) is 0 Å². The number of halogens is 4. The molecule has 0 amide bonds. The Balaban J connectivity index is 0.000000143. The monoisotopic (exact) mass is 1100 g/mol. The van der Waals surface area contributed by atoms with Crippen LogP contribution in [0.3, 0.4) is 0 Å². The molecular formula is C40H36Br2I2N8O4. The summed E-state index contributed by atoms with van der Waals surface area (Å²) in [5.41, 5.74) is 12.0. The van der Waals surface area contributed by atoms with E-state index in [1.807, 2.05) is 79.7 Å². The molecule has 0 bridgehead atoms. The van der Waals surface area contributed by atoms with E-state index in [4.69, 9.17) is 0 Å². The fourth-order valence-electron chi connectivity index (χ4n) is 5.30. The number of aromatic hydroxyl groups is 4. The van der Waals surface area contributed by atoms with E-state index in [1.54, 1.807) is 24.8 Å². The van der Waals surface area contributed by atoms with E-state index in [-0.39, 0.29) is 23.0 Å². The maximum Gasteiger partial charge on any atom is 0.146 e. The molecule has 0 saturated heterocycles. The first-order chi connectivity index (χ1) is 26.4. The van der Waals surface area contributed by atoms with Crippen molar-refractivity contribution in [1.82, 2.24) is 39.9 Å². The van der Waals surface area contributed by atoms with Crippen LogP contribution in [0, 0.1) is 62.5 Å². The molecule has 56 heavy (non-hydrogen) atoms. The Hall–Kier alpha value is -4.14. The Morgan fingerprint density at radius 1 is 0.375 bits per heavy atom. The van der Waals surface area contributed by atoms with Crippen molar-refractivity contribution in [2.75, 3.05) is 0 Å². The summed E-state index contributed by atoms with van der Waals surface area (Å²) in [5.74, 6) is 0.875. The first-order valence-electron chi connectivity index (χ1n) is 16.8. The van der Waals surface area contributed by atoms with Gasteiger partial charge in [-0.2, -0.15) is 0 Å². The van der Waals surface area contributed by atoms with Crippen LogP contribution in [0.1, 0.15) is 45.0 Å². The molecule has 0 aliphatic heterocycles. The van der Waals surface area contributed by atoms with Gasteiger partial charge in [-0.05, 0) is 179 Å². The van der Waals surface area contributed by atoms with Gasteiger partial charge < -0.3 is 20.4 Å². The highest BCUT2D eigenvalue weighted by molar-refractivity contribution is 14.1. The molecule has 4 heterocycles. The number of rotatable bonds is 0. The average Bonchev–Trinajstić information content (AvgIpc) is 3.17. The summed E-state index contributed by atoms with van der Waals surface area (Å²) >= 11 is 11.2. The zero-order valence-electron chi connectivity index (χ0n) is 31.5. The van der Waals surface area contributed by atoms with Crippen LogP contribution in [-0.4, -0.2) is 60.3 Å². The standard InChI is InChI=1S/C11H11BrN2O.C11H11IN2O.C9H7BrN2O.C9H7IN2O/c2*1-5-4-8(12)9-10(11(5)15)14-7(3)6(2)13-9;2*1-5-4-6(10)7-8(9(5)13)12-3-2-11-7/h2*4,15H,1-3H3;2*2-4,13H,1H3. The van der Waals surface area contributed by atoms with Gasteiger partial charge in [-0.15, -0.1) is 0 Å². The minimum Gasteiger partial charge on any atom is -0.505 e. The number of phenolic OH excluding ortho intramolecular Hbond substituents is 4. The molecule has 8 rings (SSSR count). The van der Waals surface area contributed by atoms with E-state index < -0.39 is 0 Å². The second-order valence-corrected chi connectivity index (χ2v) is 16.8. The van der Waals surface area contributed by atoms with Crippen LogP contribution in [-0.2, 0) is 0 Å². The first kappa shape index (κ1) is 43.0. The predicted molar refractivity (Wildman–Crippen MR) is 244 cm³/mol. The number of hydrogen-bond acceptors (Lipinski definition) is 12. The molecule has 12 nitrogen and oxygen atoms in total. The van der Waals surface area contributed by atoms with Gasteiger partial charge in [-0.25, -0.2) is 29.9 Å². The van der Waals surface area contributed by atoms with Gasteiger partial charge in [0.1, 0.15) is 67.1 Å². The lowest BCUT2D eigenvalue weighted by atomic mass is 10.2. The third-order valence-electron chi connectivity index (χ3n) is 8.68. The number of benzene rings is 4. The van der Waals surface area contributed by atoms with Crippen LogP contribution < -0.4 is 0 Å². The van der Waals surface area contributed by atoms with Gasteiger partial charge in [0, 0.05) is 40.9 Å². The van der Waals surface area contributed by atoms with Gasteiger partial charge in [-0.3, -0.25) is 9.97 Å². The number of aryl methyl sites for hydroxylation is 8. The van der Waals surface area contributed by atoms with Gasteiger partial charge in [0.15, 0.2) is 0 Å². The third-order valence-corrected chi connectivity index (χ3v) is 11.5. The Labute approximate surface area is 366 Å². The van der Waals surface area contributed by atoms with E-state index >= 15 is 0 Å². The number of hydrogen-bond donors (Lipinski definition) is 4. The molecule has 4 N–H and O–H groups in total. The molecule has 0 spiro atoms. The molecule has 4 aromatic carbocycles. The smallest absolute Gasteiger partial charge is 0.146 e. The van der Waals surface area contributed by atoms with Gasteiger partial charge >= 0.3 is 0 Å². The SMILES string of the molecule is Cc1cc(Br)c2nc(C)c(C)nc2c1O.Cc1cc(Br)c2nccnc2c1O.Cc1cc(I)c2nc(C)c(C)nc2c1O.Cc1cc(I)c2nccnc2c1O. The summed E-state index contributed by atoms with van der Waals surface area (Å²) in [5, 5.41) is 39.1. The van der Waals surface area contributed by atoms with Crippen molar-refractivity contribution in [3.8, 4) is 23.0 Å². The number of nitrogens with zero attached hydrogens (tertiary/aromatic N) is 8. The van der Waals surface area contributed by atoms with Crippen molar-refractivity contribution in [3.63, 3.8) is 0 Å². The summed E-state index contributed by atoms with van der Waals surface area (Å²) in [4.78, 5) is 34.0. The number of aromatic nitrogens is 8. The predicted octanol–water partition coefficient (Wildman–Crippen LogP) is 10.5. The molecule has 0 aliphatic rings. The summed E-state index contributed by atoms with van der Waals surface area (Å²) < 4.78 is 3.75. The average molecular weight is 1110 g/mol. The molecule has 0 fully saturated rings. The van der Waals surface area contributed by atoms with Crippen molar-refractivity contribution in [2.45, 2.75) is 55.4 Å². The third kappa shape index (κ3) is 9.18. The highest BCUT2D eigenvalue weighted by Crippen LogP contribution is 2.34. The molecule has 0 unspecified atom stereocenters. The molecule has 0 saturated carbocycles. The van der Waals surface area contributed by atoms with E-state index in [0.717, 1.165) is 72.1 Å². The van der Waals surface area contributed by atoms with Crippen molar-refractivity contribution < 1.29 is 20.4 Å². The lowest BCUT2D eigenvalue weighted by molar-refractivity contribution is 0.475. The fourth-order valence-corrected chi connectivity index (χ4v) is 8.25. The molecule has 0 atom stereocenters. The summed E-state index contributed by atoms with van der Waals surface area (Å²) in [6, 6.07) is 7.49. The topological polar surface area (TPSA) is 184 Å². The highest BCUT2D eigenvalue weighted by atomic mass is 127. The normalized spacial score (nSPS) is 10.8. The van der Waals surface area contributed by atoms with Crippen LogP contribution in [0.4, 0.5) is 0 Å². The Morgan fingerprint density at radius 2 is 0.661 bits per heavy atom. The molecule has 0 aliphatic carbocycles. The van der Waals surface area contributed by atoms with E-state index in [1.165, 1.54) is 0 Å². The quantitative estimate of drug-likeness (QED) is 0.106. The number of phenols is 4. The summed E-state index contributed by atoms with van der Waals surface area (Å²) in [7, 11) is 0. The second kappa shape index (κ2) is 18.0. The van der Waals surface area contributed by atoms with Crippen molar-refractivity contribution in [1.29, 1.82) is 0 Å². The maximum atomic E-state index is 9.89. The Morgan fingerprint density at radius 3 is 1.12 bits per heavy atom. The van der Waals surface area contributed by atoms with Crippen LogP contribution >= 0.6 is 77.0 Å². The highest BCUT2D eigenvalue weighted by Gasteiger charge is 2.14. The molecule has 4 aromatic heterocycles. The van der Waals surface area contributed by atoms with Crippen LogP contribution in [0.25, 0.3) is 44.1 Å². The second-order valence-electron chi connectivity index (χ2n) is 12.8. The van der Waals surface area contributed by atoms with Gasteiger partial charge in [-0.1, -0.05) is 0 Å². The Kier molecular flexibility index (Phi) is 13.8. The van der Waals surface area contributed by atoms with Crippen molar-refractivity contribution >= 4 is 121 Å². The van der Waals surface area contributed by atoms with Crippen LogP contribution in [0.15, 0.2) is 58.0 Å². The zero-order valence-corrected chi connectivity index (χ0v) is 39.0. The molecule has 16 heteroatoms. The first-order valence-corrected chi connectivity index (χ1v) is 20.6. The minimum absolute atomic E-state index is 0.200. The van der Waals surface area contributed by atoms with Gasteiger partial charge in [0.2, 0.25) is 0 Å². The Bertz CT molecular complexity index is 2620. The number of fused-ring (bicyclic) bond motifs is 4. The van der Waals surface area contributed by atoms with E-state index in [9.17, 15) is 20.4 Å². The van der Waals surface area contributed by atoms with Crippen LogP contribution in [0.5, 0.6) is 23.0 Å². The molecule has 8 aromatic rings. The van der Waals surface area contributed by atoms with E-state index in [0.29, 0.717) is 33.1 Å². The van der Waals surface area contributed by atoms with E-state index in [2.05, 4.69) is 117 Å². The fraction of sp³-hybridized carbons (Fsp3) is 0.200. The summed E-state index contributed by atoms with van der Waals surface area (Å²) in [6.07, 6.45) is 6.37. The zero-order chi connectivity index (χ0) is 41.2. The lowest BCUT2D eigenvalue weighted by Gasteiger charge is -2.07.